The van der Waals surface area contributed by atoms with Crippen molar-refractivity contribution in [3.05, 3.63) is 0 Å². The molecule has 0 N–H and O–H groups in total. The molecule has 0 fully saturated rings. The molecule has 0 spiro atoms. The van der Waals surface area contributed by atoms with Gasteiger partial charge in [-0.1, -0.05) is 41.5 Å². The standard InChI is InChI=1S/C11H24S/c1-10(2,3)7-9(8-12)11(4,5)6/h9,12H,7-8H2,1-6H3. The molecule has 0 nitrogen and oxygen atoms in total. The smallest absolute Gasteiger partial charge is 0.00643 e. The van der Waals surface area contributed by atoms with Gasteiger partial charge in [0.2, 0.25) is 0 Å². The van der Waals surface area contributed by atoms with Crippen molar-refractivity contribution in [2.45, 2.75) is 48.0 Å². The highest BCUT2D eigenvalue weighted by Crippen LogP contribution is 2.36. The fourth-order valence-electron chi connectivity index (χ4n) is 1.38. The minimum absolute atomic E-state index is 0.398. The van der Waals surface area contributed by atoms with Crippen molar-refractivity contribution in [1.29, 1.82) is 0 Å². The van der Waals surface area contributed by atoms with E-state index in [1.54, 1.807) is 0 Å². The van der Waals surface area contributed by atoms with Crippen molar-refractivity contribution in [2.75, 3.05) is 5.75 Å². The van der Waals surface area contributed by atoms with E-state index in [-0.39, 0.29) is 0 Å². The van der Waals surface area contributed by atoms with Crippen LogP contribution in [0.5, 0.6) is 0 Å². The first-order valence-corrected chi connectivity index (χ1v) is 5.41. The Bertz CT molecular complexity index is 125. The average molecular weight is 188 g/mol. The van der Waals surface area contributed by atoms with E-state index in [0.717, 1.165) is 11.7 Å². The van der Waals surface area contributed by atoms with E-state index in [0.29, 0.717) is 10.8 Å². The molecule has 0 rings (SSSR count). The summed E-state index contributed by atoms with van der Waals surface area (Å²) < 4.78 is 0. The van der Waals surface area contributed by atoms with Crippen LogP contribution in [0, 0.1) is 16.7 Å². The Kier molecular flexibility index (Phi) is 4.16. The van der Waals surface area contributed by atoms with Gasteiger partial charge in [-0.05, 0) is 28.9 Å². The lowest BCUT2D eigenvalue weighted by atomic mass is 9.73. The van der Waals surface area contributed by atoms with Gasteiger partial charge < -0.3 is 0 Å². The monoisotopic (exact) mass is 188 g/mol. The largest absolute Gasteiger partial charge is 0.179 e. The summed E-state index contributed by atoms with van der Waals surface area (Å²) in [5, 5.41) is 0. The molecular formula is C11H24S. The van der Waals surface area contributed by atoms with E-state index in [1.165, 1.54) is 6.42 Å². The lowest BCUT2D eigenvalue weighted by Gasteiger charge is -2.34. The molecule has 0 aliphatic carbocycles. The van der Waals surface area contributed by atoms with Crippen molar-refractivity contribution in [2.24, 2.45) is 16.7 Å². The molecule has 0 aliphatic rings. The van der Waals surface area contributed by atoms with Crippen LogP contribution >= 0.6 is 12.6 Å². The zero-order valence-electron chi connectivity index (χ0n) is 9.44. The third-order valence-corrected chi connectivity index (χ3v) is 2.74. The van der Waals surface area contributed by atoms with E-state index in [2.05, 4.69) is 54.2 Å². The zero-order chi connectivity index (χ0) is 9.99. The summed E-state index contributed by atoms with van der Waals surface area (Å²) in [5.74, 6) is 1.72. The molecule has 74 valence electrons. The fourth-order valence-corrected chi connectivity index (χ4v) is 2.06. The van der Waals surface area contributed by atoms with Gasteiger partial charge in [0.25, 0.3) is 0 Å². The topological polar surface area (TPSA) is 0 Å². The van der Waals surface area contributed by atoms with Crippen molar-refractivity contribution in [3.63, 3.8) is 0 Å². The van der Waals surface area contributed by atoms with Crippen molar-refractivity contribution >= 4 is 12.6 Å². The van der Waals surface area contributed by atoms with Gasteiger partial charge in [-0.2, -0.15) is 12.6 Å². The highest BCUT2D eigenvalue weighted by atomic mass is 32.1. The van der Waals surface area contributed by atoms with Crippen LogP contribution in [0.1, 0.15) is 48.0 Å². The molecule has 0 heterocycles. The van der Waals surface area contributed by atoms with E-state index in [9.17, 15) is 0 Å². The molecule has 0 amide bonds. The molecule has 12 heavy (non-hydrogen) atoms. The van der Waals surface area contributed by atoms with Crippen LogP contribution in [0.2, 0.25) is 0 Å². The van der Waals surface area contributed by atoms with E-state index < -0.39 is 0 Å². The molecule has 0 saturated heterocycles. The Morgan fingerprint density at radius 3 is 1.50 bits per heavy atom. The number of thiol groups is 1. The van der Waals surface area contributed by atoms with Crippen molar-refractivity contribution < 1.29 is 0 Å². The summed E-state index contributed by atoms with van der Waals surface area (Å²) in [6, 6.07) is 0. The summed E-state index contributed by atoms with van der Waals surface area (Å²) in [6.45, 7) is 13.8. The minimum atomic E-state index is 0.398. The number of hydrogen-bond donors (Lipinski definition) is 1. The van der Waals surface area contributed by atoms with Crippen LogP contribution in [0.25, 0.3) is 0 Å². The summed E-state index contributed by atoms with van der Waals surface area (Å²) in [7, 11) is 0. The zero-order valence-corrected chi connectivity index (χ0v) is 10.3. The van der Waals surface area contributed by atoms with Crippen LogP contribution < -0.4 is 0 Å². The molecule has 1 unspecified atom stereocenters. The second-order valence-corrected chi connectivity index (χ2v) is 6.38. The fraction of sp³-hybridized carbons (Fsp3) is 1.00. The minimum Gasteiger partial charge on any atom is -0.179 e. The molecule has 1 atom stereocenters. The first-order valence-electron chi connectivity index (χ1n) is 4.77. The van der Waals surface area contributed by atoms with Crippen molar-refractivity contribution in [3.8, 4) is 0 Å². The lowest BCUT2D eigenvalue weighted by molar-refractivity contribution is 0.186. The number of rotatable bonds is 2. The molecule has 0 aromatic carbocycles. The lowest BCUT2D eigenvalue weighted by Crippen LogP contribution is -2.26. The second kappa shape index (κ2) is 4.04. The maximum absolute atomic E-state index is 4.42. The summed E-state index contributed by atoms with van der Waals surface area (Å²) in [5.41, 5.74) is 0.829. The predicted octanol–water partition coefficient (Wildman–Crippen LogP) is 4.01. The summed E-state index contributed by atoms with van der Waals surface area (Å²) in [4.78, 5) is 0. The van der Waals surface area contributed by atoms with Crippen LogP contribution in [0.15, 0.2) is 0 Å². The molecule has 0 radical (unpaired) electrons. The van der Waals surface area contributed by atoms with Crippen LogP contribution in [-0.4, -0.2) is 5.75 Å². The van der Waals surface area contributed by atoms with Gasteiger partial charge in [0.1, 0.15) is 0 Å². The third kappa shape index (κ3) is 5.08. The van der Waals surface area contributed by atoms with Crippen LogP contribution in [0.3, 0.4) is 0 Å². The molecular weight excluding hydrogens is 164 g/mol. The highest BCUT2D eigenvalue weighted by molar-refractivity contribution is 7.80. The Morgan fingerprint density at radius 2 is 1.42 bits per heavy atom. The maximum Gasteiger partial charge on any atom is -0.00643 e. The Labute approximate surface area is 83.5 Å². The summed E-state index contributed by atoms with van der Waals surface area (Å²) >= 11 is 4.42. The normalized spacial score (nSPS) is 16.2. The van der Waals surface area contributed by atoms with Crippen LogP contribution in [0.4, 0.5) is 0 Å². The highest BCUT2D eigenvalue weighted by Gasteiger charge is 2.27. The predicted molar refractivity (Wildman–Crippen MR) is 60.9 cm³/mol. The molecule has 0 saturated carbocycles. The molecule has 0 aromatic heterocycles. The van der Waals surface area contributed by atoms with Gasteiger partial charge in [0.15, 0.2) is 0 Å². The van der Waals surface area contributed by atoms with E-state index >= 15 is 0 Å². The van der Waals surface area contributed by atoms with Crippen molar-refractivity contribution in [1.82, 2.24) is 0 Å². The van der Waals surface area contributed by atoms with Crippen LogP contribution in [-0.2, 0) is 0 Å². The van der Waals surface area contributed by atoms with E-state index in [4.69, 9.17) is 0 Å². The Morgan fingerprint density at radius 1 is 1.00 bits per heavy atom. The Hall–Kier alpha value is 0.350. The van der Waals surface area contributed by atoms with Gasteiger partial charge in [0, 0.05) is 0 Å². The SMILES string of the molecule is CC(C)(C)CC(CS)C(C)(C)C. The first-order chi connectivity index (χ1) is 5.17. The molecule has 1 heteroatoms. The summed E-state index contributed by atoms with van der Waals surface area (Å²) in [6.07, 6.45) is 1.26. The van der Waals surface area contributed by atoms with E-state index in [1.807, 2.05) is 0 Å². The number of hydrogen-bond acceptors (Lipinski definition) is 1. The molecule has 0 aliphatic heterocycles. The van der Waals surface area contributed by atoms with Gasteiger partial charge >= 0.3 is 0 Å². The van der Waals surface area contributed by atoms with Gasteiger partial charge in [-0.3, -0.25) is 0 Å². The third-order valence-electron chi connectivity index (χ3n) is 2.30. The van der Waals surface area contributed by atoms with Gasteiger partial charge in [0.05, 0.1) is 0 Å². The maximum atomic E-state index is 4.42. The van der Waals surface area contributed by atoms with Gasteiger partial charge in [-0.25, -0.2) is 0 Å². The first kappa shape index (κ1) is 12.3. The quantitative estimate of drug-likeness (QED) is 0.622. The molecule has 0 aromatic rings. The Balaban J connectivity index is 4.20. The average Bonchev–Trinajstić information content (AvgIpc) is 1.78. The second-order valence-electron chi connectivity index (χ2n) is 6.01. The molecule has 0 bridgehead atoms. The van der Waals surface area contributed by atoms with Gasteiger partial charge in [-0.15, -0.1) is 0 Å².